The highest BCUT2D eigenvalue weighted by molar-refractivity contribution is 5.90. The van der Waals surface area contributed by atoms with Crippen molar-refractivity contribution in [1.82, 2.24) is 15.5 Å². The number of aryl methyl sites for hydroxylation is 3. The first-order chi connectivity index (χ1) is 15.6. The predicted molar refractivity (Wildman–Crippen MR) is 123 cm³/mol. The summed E-state index contributed by atoms with van der Waals surface area (Å²) < 4.78 is 11.5. The number of fused-ring (bicyclic) bond motifs is 2. The molecule has 164 valence electrons. The first-order valence-electron chi connectivity index (χ1n) is 11.0. The molecular weight excluding hydrogens is 404 g/mol. The van der Waals surface area contributed by atoms with Gasteiger partial charge in [-0.25, -0.2) is 0 Å². The van der Waals surface area contributed by atoms with Crippen molar-refractivity contribution in [3.05, 3.63) is 65.0 Å². The van der Waals surface area contributed by atoms with Gasteiger partial charge in [0.2, 0.25) is 0 Å². The van der Waals surface area contributed by atoms with Gasteiger partial charge >= 0.3 is 11.8 Å². The summed E-state index contributed by atoms with van der Waals surface area (Å²) in [5, 5.41) is 11.8. The largest absolute Gasteiger partial charge is 0.451 e. The van der Waals surface area contributed by atoms with Crippen LogP contribution in [0.3, 0.4) is 0 Å². The van der Waals surface area contributed by atoms with Gasteiger partial charge in [0.25, 0.3) is 5.89 Å². The molecule has 1 N–H and O–H groups in total. The molecule has 0 fully saturated rings. The molecule has 3 heterocycles. The number of nitrogens with one attached hydrogen (secondary N) is 1. The molecule has 7 nitrogen and oxygen atoms in total. The molecule has 5 rings (SSSR count). The Morgan fingerprint density at radius 1 is 1.12 bits per heavy atom. The number of furan rings is 1. The number of hydrogen-bond donors (Lipinski definition) is 1. The SMILES string of the molecule is Cc1ccc2oc(-c3nnc(C(=O)NCCCN4CCCc5ccccc54)o3)c(C)c2c1. The minimum absolute atomic E-state index is 0.0562. The van der Waals surface area contributed by atoms with Gasteiger partial charge in [0.05, 0.1) is 0 Å². The quantitative estimate of drug-likeness (QED) is 0.448. The summed E-state index contributed by atoms with van der Waals surface area (Å²) in [4.78, 5) is 14.9. The summed E-state index contributed by atoms with van der Waals surface area (Å²) in [7, 11) is 0. The Hall–Kier alpha value is -3.61. The Morgan fingerprint density at radius 3 is 2.91 bits per heavy atom. The molecule has 0 spiro atoms. The highest BCUT2D eigenvalue weighted by atomic mass is 16.4. The first-order valence-corrected chi connectivity index (χ1v) is 11.0. The van der Waals surface area contributed by atoms with E-state index in [4.69, 9.17) is 8.83 Å². The normalized spacial score (nSPS) is 13.4. The van der Waals surface area contributed by atoms with E-state index in [0.29, 0.717) is 12.3 Å². The van der Waals surface area contributed by atoms with Gasteiger partial charge in [-0.3, -0.25) is 4.79 Å². The zero-order valence-corrected chi connectivity index (χ0v) is 18.4. The van der Waals surface area contributed by atoms with Crippen LogP contribution in [0.1, 0.15) is 40.2 Å². The van der Waals surface area contributed by atoms with Crippen LogP contribution in [-0.4, -0.2) is 35.7 Å². The van der Waals surface area contributed by atoms with Gasteiger partial charge in [0.15, 0.2) is 5.76 Å². The zero-order chi connectivity index (χ0) is 22.1. The van der Waals surface area contributed by atoms with E-state index in [2.05, 4.69) is 50.7 Å². The molecule has 0 bridgehead atoms. The Balaban J connectivity index is 1.20. The molecule has 0 saturated heterocycles. The summed E-state index contributed by atoms with van der Waals surface area (Å²) in [5.74, 6) is 0.291. The molecule has 4 aromatic rings. The van der Waals surface area contributed by atoms with Crippen LogP contribution in [0.5, 0.6) is 0 Å². The molecule has 0 saturated carbocycles. The van der Waals surface area contributed by atoms with Crippen molar-refractivity contribution >= 4 is 22.6 Å². The highest BCUT2D eigenvalue weighted by Gasteiger charge is 2.21. The van der Waals surface area contributed by atoms with Crippen LogP contribution >= 0.6 is 0 Å². The lowest BCUT2D eigenvalue weighted by Gasteiger charge is -2.31. The van der Waals surface area contributed by atoms with Gasteiger partial charge < -0.3 is 19.1 Å². The second kappa shape index (κ2) is 8.49. The molecule has 1 aliphatic heterocycles. The van der Waals surface area contributed by atoms with Gasteiger partial charge in [-0.2, -0.15) is 0 Å². The third-order valence-corrected chi connectivity index (χ3v) is 6.00. The number of nitrogens with zero attached hydrogens (tertiary/aromatic N) is 3. The maximum Gasteiger partial charge on any atom is 0.308 e. The van der Waals surface area contributed by atoms with Crippen LogP contribution in [0.4, 0.5) is 5.69 Å². The minimum atomic E-state index is -0.368. The Labute approximate surface area is 186 Å². The van der Waals surface area contributed by atoms with Crippen molar-refractivity contribution in [1.29, 1.82) is 0 Å². The molecule has 2 aromatic carbocycles. The monoisotopic (exact) mass is 430 g/mol. The highest BCUT2D eigenvalue weighted by Crippen LogP contribution is 2.32. The lowest BCUT2D eigenvalue weighted by atomic mass is 10.0. The van der Waals surface area contributed by atoms with Gasteiger partial charge in [0, 0.05) is 36.3 Å². The molecule has 0 unspecified atom stereocenters. The molecular formula is C25H26N4O3. The molecule has 0 atom stereocenters. The van der Waals surface area contributed by atoms with Crippen molar-refractivity contribution in [2.75, 3.05) is 24.5 Å². The molecule has 0 aliphatic carbocycles. The van der Waals surface area contributed by atoms with Crippen molar-refractivity contribution in [3.8, 4) is 11.7 Å². The van der Waals surface area contributed by atoms with Gasteiger partial charge in [-0.1, -0.05) is 29.8 Å². The predicted octanol–water partition coefficient (Wildman–Crippen LogP) is 4.67. The van der Waals surface area contributed by atoms with E-state index in [0.717, 1.165) is 54.4 Å². The molecule has 0 radical (unpaired) electrons. The van der Waals surface area contributed by atoms with Crippen molar-refractivity contribution in [3.63, 3.8) is 0 Å². The minimum Gasteiger partial charge on any atom is -0.451 e. The Bertz CT molecular complexity index is 1270. The van der Waals surface area contributed by atoms with E-state index in [1.54, 1.807) is 0 Å². The average molecular weight is 431 g/mol. The number of hydrogen-bond acceptors (Lipinski definition) is 6. The van der Waals surface area contributed by atoms with E-state index in [9.17, 15) is 4.79 Å². The number of para-hydroxylation sites is 1. The van der Waals surface area contributed by atoms with E-state index in [1.165, 1.54) is 11.3 Å². The number of carbonyl (C=O) groups excluding carboxylic acids is 1. The number of benzene rings is 2. The molecule has 7 heteroatoms. The number of carbonyl (C=O) groups is 1. The maximum atomic E-state index is 12.5. The summed E-state index contributed by atoms with van der Waals surface area (Å²) in [6.45, 7) is 6.46. The van der Waals surface area contributed by atoms with Crippen molar-refractivity contribution in [2.45, 2.75) is 33.1 Å². The second-order valence-electron chi connectivity index (χ2n) is 8.30. The number of anilines is 1. The van der Waals surface area contributed by atoms with E-state index in [-0.39, 0.29) is 17.7 Å². The Kier molecular flexibility index (Phi) is 5.39. The maximum absolute atomic E-state index is 12.5. The van der Waals surface area contributed by atoms with Crippen molar-refractivity contribution in [2.24, 2.45) is 0 Å². The zero-order valence-electron chi connectivity index (χ0n) is 18.4. The summed E-state index contributed by atoms with van der Waals surface area (Å²) in [6.07, 6.45) is 3.13. The molecule has 2 aromatic heterocycles. The smallest absolute Gasteiger partial charge is 0.308 e. The summed E-state index contributed by atoms with van der Waals surface area (Å²) >= 11 is 0. The molecule has 32 heavy (non-hydrogen) atoms. The van der Waals surface area contributed by atoms with Crippen molar-refractivity contribution < 1.29 is 13.6 Å². The number of rotatable bonds is 6. The molecule has 1 aliphatic rings. The first kappa shape index (κ1) is 20.3. The third kappa shape index (κ3) is 3.86. The van der Waals surface area contributed by atoms with Crippen LogP contribution in [-0.2, 0) is 6.42 Å². The van der Waals surface area contributed by atoms with Gasteiger partial charge in [-0.15, -0.1) is 10.2 Å². The van der Waals surface area contributed by atoms with Crippen LogP contribution in [0.25, 0.3) is 22.6 Å². The summed E-state index contributed by atoms with van der Waals surface area (Å²) in [5.41, 5.74) is 5.53. The second-order valence-corrected chi connectivity index (χ2v) is 8.30. The van der Waals surface area contributed by atoms with Crippen LogP contribution in [0.2, 0.25) is 0 Å². The topological polar surface area (TPSA) is 84.4 Å². The molecule has 1 amide bonds. The van der Waals surface area contributed by atoms with Crippen LogP contribution < -0.4 is 10.2 Å². The van der Waals surface area contributed by atoms with E-state index < -0.39 is 0 Å². The lowest BCUT2D eigenvalue weighted by Crippen LogP contribution is -2.33. The van der Waals surface area contributed by atoms with Crippen LogP contribution in [0.15, 0.2) is 51.3 Å². The number of amides is 1. The standard InChI is InChI=1S/C25H26N4O3/c1-16-10-11-21-19(15-16)17(2)22(31-21)24-27-28-25(32-24)23(30)26-12-6-14-29-13-5-8-18-7-3-4-9-20(18)29/h3-4,7,9-11,15H,5-6,8,12-14H2,1-2H3,(H,26,30). The van der Waals surface area contributed by atoms with Gasteiger partial charge in [0.1, 0.15) is 5.58 Å². The van der Waals surface area contributed by atoms with Gasteiger partial charge in [-0.05, 0) is 56.9 Å². The van der Waals surface area contributed by atoms with E-state index in [1.807, 2.05) is 26.0 Å². The van der Waals surface area contributed by atoms with Crippen LogP contribution in [0, 0.1) is 13.8 Å². The summed E-state index contributed by atoms with van der Waals surface area (Å²) in [6, 6.07) is 14.5. The lowest BCUT2D eigenvalue weighted by molar-refractivity contribution is 0.0919. The van der Waals surface area contributed by atoms with E-state index >= 15 is 0 Å². The third-order valence-electron chi connectivity index (χ3n) is 6.00. The number of aromatic nitrogens is 2. The fraction of sp³-hybridized carbons (Fsp3) is 0.320. The Morgan fingerprint density at radius 2 is 2.00 bits per heavy atom. The fourth-order valence-electron chi connectivity index (χ4n) is 4.34. The fourth-order valence-corrected chi connectivity index (χ4v) is 4.34. The average Bonchev–Trinajstić information content (AvgIpc) is 3.42.